The van der Waals surface area contributed by atoms with Crippen molar-refractivity contribution in [2.45, 2.75) is 328 Å². The number of rotatable bonds is 61. The van der Waals surface area contributed by atoms with Crippen LogP contribution in [0.1, 0.15) is 316 Å². The van der Waals surface area contributed by atoms with E-state index >= 15 is 0 Å². The molecule has 2 unspecified atom stereocenters. The van der Waals surface area contributed by atoms with Gasteiger partial charge in [0.25, 0.3) is 0 Å². The molecule has 0 aromatic heterocycles. The number of allylic oxidation sites excluding steroid dienone is 6. The van der Waals surface area contributed by atoms with Crippen LogP contribution in [0.15, 0.2) is 36.5 Å². The van der Waals surface area contributed by atoms with E-state index < -0.39 is 24.3 Å². The Labute approximate surface area is 470 Å². The van der Waals surface area contributed by atoms with Gasteiger partial charge in [0.1, 0.15) is 13.2 Å². The molecule has 0 aliphatic heterocycles. The highest BCUT2D eigenvalue weighted by molar-refractivity contribution is 5.70. The summed E-state index contributed by atoms with van der Waals surface area (Å²) in [6.45, 7) is 4.77. The van der Waals surface area contributed by atoms with E-state index in [1.165, 1.54) is 225 Å². The van der Waals surface area contributed by atoms with Crippen LogP contribution < -0.4 is 5.11 Å². The van der Waals surface area contributed by atoms with Gasteiger partial charge in [0, 0.05) is 12.8 Å². The van der Waals surface area contributed by atoms with E-state index in [1.807, 2.05) is 21.1 Å². The van der Waals surface area contributed by atoms with Crippen molar-refractivity contribution in [1.82, 2.24) is 0 Å². The molecule has 0 radical (unpaired) electrons. The summed E-state index contributed by atoms with van der Waals surface area (Å²) in [7, 11) is 5.93. The van der Waals surface area contributed by atoms with Gasteiger partial charge in [0.05, 0.1) is 40.3 Å². The molecule has 446 valence electrons. The zero-order valence-corrected chi connectivity index (χ0v) is 50.9. The lowest BCUT2D eigenvalue weighted by Gasteiger charge is -2.26. The van der Waals surface area contributed by atoms with Crippen molar-refractivity contribution < 1.29 is 42.9 Å². The standard InChI is InChI=1S/C67H125NO8/c1-6-8-10-12-14-16-18-20-22-24-25-26-27-28-29-30-31-32-33-34-35-36-37-38-39-40-41-42-44-46-48-50-52-54-56-58-65(70)76-63(62-75-67(66(71)72)73-60-59-68(3,4)5)61-74-64(69)57-55-53-51-49-47-45-43-23-21-19-17-15-13-11-9-7-2/h18,20,23-25,43,63,67H,6-17,19,21-22,26-42,44-62H2,1-5H3/b20-18-,25-24-,43-23-. The Morgan fingerprint density at radius 2 is 0.711 bits per heavy atom. The highest BCUT2D eigenvalue weighted by atomic mass is 16.7. The highest BCUT2D eigenvalue weighted by Crippen LogP contribution is 2.18. The molecule has 0 fully saturated rings. The Balaban J connectivity index is 4.02. The molecule has 0 N–H and O–H groups in total. The van der Waals surface area contributed by atoms with Crippen LogP contribution >= 0.6 is 0 Å². The number of ether oxygens (including phenoxy) is 4. The summed E-state index contributed by atoms with van der Waals surface area (Å²) >= 11 is 0. The third kappa shape index (κ3) is 59.2. The number of carboxylic acids is 1. The molecular formula is C67H125NO8. The minimum Gasteiger partial charge on any atom is -0.545 e. The lowest BCUT2D eigenvalue weighted by molar-refractivity contribution is -0.870. The first-order valence-corrected chi connectivity index (χ1v) is 32.6. The van der Waals surface area contributed by atoms with Gasteiger partial charge in [-0.05, 0) is 70.6 Å². The number of carbonyl (C=O) groups is 3. The molecular weight excluding hydrogens is 947 g/mol. The minimum absolute atomic E-state index is 0.149. The van der Waals surface area contributed by atoms with E-state index in [4.69, 9.17) is 18.9 Å². The number of hydrogen-bond donors (Lipinski definition) is 0. The topological polar surface area (TPSA) is 111 Å². The van der Waals surface area contributed by atoms with Crippen LogP contribution in [0.4, 0.5) is 0 Å². The van der Waals surface area contributed by atoms with Crippen LogP contribution in [0.3, 0.4) is 0 Å². The summed E-state index contributed by atoms with van der Waals surface area (Å²) in [5.41, 5.74) is 0. The Morgan fingerprint density at radius 3 is 1.05 bits per heavy atom. The fraction of sp³-hybridized carbons (Fsp3) is 0.866. The summed E-state index contributed by atoms with van der Waals surface area (Å²) in [5, 5.41) is 11.8. The van der Waals surface area contributed by atoms with Gasteiger partial charge in [-0.1, -0.05) is 269 Å². The first-order valence-electron chi connectivity index (χ1n) is 32.6. The Kier molecular flexibility index (Phi) is 56.7. The van der Waals surface area contributed by atoms with Crippen molar-refractivity contribution in [2.24, 2.45) is 0 Å². The number of likely N-dealkylation sites (N-methyl/N-ethyl adjacent to an activating group) is 1. The molecule has 2 atom stereocenters. The van der Waals surface area contributed by atoms with Crippen molar-refractivity contribution in [3.8, 4) is 0 Å². The number of esters is 2. The van der Waals surface area contributed by atoms with E-state index in [-0.39, 0.29) is 38.6 Å². The summed E-state index contributed by atoms with van der Waals surface area (Å²) in [5.74, 6) is -2.27. The molecule has 0 aromatic rings. The second-order valence-corrected chi connectivity index (χ2v) is 23.4. The highest BCUT2D eigenvalue weighted by Gasteiger charge is 2.22. The van der Waals surface area contributed by atoms with E-state index in [2.05, 4.69) is 50.3 Å². The Bertz CT molecular complexity index is 1340. The SMILES string of the molecule is CCCCCCC/C=C\C/C=C\CCCCCCCCCCCCCCCCCCCCCCCCCC(=O)OC(COC(=O)CCCCCCC/C=C\CCCCCCCCC)COC(OCC[N+](C)(C)C)C(=O)[O-]. The smallest absolute Gasteiger partial charge is 0.306 e. The van der Waals surface area contributed by atoms with Crippen molar-refractivity contribution in [3.05, 3.63) is 36.5 Å². The van der Waals surface area contributed by atoms with E-state index in [1.54, 1.807) is 0 Å². The third-order valence-electron chi connectivity index (χ3n) is 14.6. The Morgan fingerprint density at radius 1 is 0.395 bits per heavy atom. The minimum atomic E-state index is -1.62. The molecule has 0 saturated carbocycles. The van der Waals surface area contributed by atoms with Crippen LogP contribution in [0.25, 0.3) is 0 Å². The molecule has 0 aliphatic carbocycles. The average Bonchev–Trinajstić information content (AvgIpc) is 3.39. The molecule has 76 heavy (non-hydrogen) atoms. The summed E-state index contributed by atoms with van der Waals surface area (Å²) < 4.78 is 22.7. The van der Waals surface area contributed by atoms with Crippen LogP contribution in [0.5, 0.6) is 0 Å². The largest absolute Gasteiger partial charge is 0.545 e. The van der Waals surface area contributed by atoms with Crippen LogP contribution in [0.2, 0.25) is 0 Å². The van der Waals surface area contributed by atoms with Crippen molar-refractivity contribution in [3.63, 3.8) is 0 Å². The quantitative estimate of drug-likeness (QED) is 0.0195. The van der Waals surface area contributed by atoms with Crippen molar-refractivity contribution in [2.75, 3.05) is 47.5 Å². The van der Waals surface area contributed by atoms with Gasteiger partial charge in [0.15, 0.2) is 12.4 Å². The predicted molar refractivity (Wildman–Crippen MR) is 320 cm³/mol. The average molecular weight is 1070 g/mol. The zero-order valence-electron chi connectivity index (χ0n) is 50.9. The van der Waals surface area contributed by atoms with Gasteiger partial charge in [-0.3, -0.25) is 9.59 Å². The molecule has 0 spiro atoms. The summed E-state index contributed by atoms with van der Waals surface area (Å²) in [6.07, 6.45) is 69.4. The zero-order chi connectivity index (χ0) is 55.5. The molecule has 0 heterocycles. The molecule has 0 aliphatic rings. The molecule has 0 amide bonds. The van der Waals surface area contributed by atoms with Crippen LogP contribution in [-0.4, -0.2) is 82.3 Å². The maximum atomic E-state index is 12.9. The number of quaternary nitrogens is 1. The summed E-state index contributed by atoms with van der Waals surface area (Å²) in [6, 6.07) is 0. The van der Waals surface area contributed by atoms with Crippen molar-refractivity contribution in [1.29, 1.82) is 0 Å². The lowest BCUT2D eigenvalue weighted by atomic mass is 10.0. The number of carboxylic acid groups (broad SMARTS) is 1. The second kappa shape index (κ2) is 58.7. The van der Waals surface area contributed by atoms with E-state index in [0.717, 1.165) is 57.8 Å². The predicted octanol–water partition coefficient (Wildman–Crippen LogP) is 18.3. The third-order valence-corrected chi connectivity index (χ3v) is 14.6. The van der Waals surface area contributed by atoms with E-state index in [0.29, 0.717) is 17.4 Å². The number of hydrogen-bond acceptors (Lipinski definition) is 8. The van der Waals surface area contributed by atoms with Crippen LogP contribution in [0, 0.1) is 0 Å². The van der Waals surface area contributed by atoms with Gasteiger partial charge < -0.3 is 33.3 Å². The van der Waals surface area contributed by atoms with Crippen molar-refractivity contribution >= 4 is 17.9 Å². The number of unbranched alkanes of at least 4 members (excludes halogenated alkanes) is 40. The Hall–Kier alpha value is -2.49. The molecule has 0 bridgehead atoms. The summed E-state index contributed by atoms with van der Waals surface area (Å²) in [4.78, 5) is 37.3. The molecule has 9 nitrogen and oxygen atoms in total. The maximum absolute atomic E-state index is 12.9. The first kappa shape index (κ1) is 73.5. The second-order valence-electron chi connectivity index (χ2n) is 23.4. The molecule has 9 heteroatoms. The van der Waals surface area contributed by atoms with Gasteiger partial charge in [-0.15, -0.1) is 0 Å². The number of aliphatic carboxylic acids is 1. The number of nitrogens with zero attached hydrogens (tertiary/aromatic N) is 1. The maximum Gasteiger partial charge on any atom is 0.306 e. The molecule has 0 saturated heterocycles. The number of carbonyl (C=O) groups excluding carboxylic acids is 3. The van der Waals surface area contributed by atoms with Gasteiger partial charge in [-0.2, -0.15) is 0 Å². The first-order chi connectivity index (χ1) is 37.1. The van der Waals surface area contributed by atoms with Gasteiger partial charge in [-0.25, -0.2) is 0 Å². The fourth-order valence-electron chi connectivity index (χ4n) is 9.56. The normalized spacial score (nSPS) is 12.9. The molecule has 0 aromatic carbocycles. The van der Waals surface area contributed by atoms with Gasteiger partial charge >= 0.3 is 11.9 Å². The lowest BCUT2D eigenvalue weighted by Crippen LogP contribution is -2.44. The fourth-order valence-corrected chi connectivity index (χ4v) is 9.56. The van der Waals surface area contributed by atoms with Gasteiger partial charge in [0.2, 0.25) is 0 Å². The van der Waals surface area contributed by atoms with Crippen LogP contribution in [-0.2, 0) is 33.3 Å². The monoisotopic (exact) mass is 1070 g/mol. The van der Waals surface area contributed by atoms with E-state index in [9.17, 15) is 19.5 Å². The molecule has 0 rings (SSSR count).